The van der Waals surface area contributed by atoms with E-state index in [9.17, 15) is 5.11 Å². The van der Waals surface area contributed by atoms with E-state index in [0.717, 1.165) is 24.8 Å². The number of aliphatic hydroxyl groups is 1. The van der Waals surface area contributed by atoms with Gasteiger partial charge in [-0.25, -0.2) is 0 Å². The van der Waals surface area contributed by atoms with Crippen LogP contribution in [0.4, 0.5) is 0 Å². The monoisotopic (exact) mass is 311 g/mol. The van der Waals surface area contributed by atoms with Crippen molar-refractivity contribution >= 4 is 11.6 Å². The predicted molar refractivity (Wildman–Crippen MR) is 81.9 cm³/mol. The lowest BCUT2D eigenvalue weighted by Crippen LogP contribution is -2.43. The highest BCUT2D eigenvalue weighted by molar-refractivity contribution is 6.32. The van der Waals surface area contributed by atoms with Gasteiger partial charge in [0.2, 0.25) is 6.79 Å². The Morgan fingerprint density at radius 2 is 2.29 bits per heavy atom. The van der Waals surface area contributed by atoms with Crippen LogP contribution in [0, 0.1) is 5.92 Å². The van der Waals surface area contributed by atoms with Crippen molar-refractivity contribution in [1.82, 2.24) is 5.32 Å². The highest BCUT2D eigenvalue weighted by Crippen LogP contribution is 2.39. The topological polar surface area (TPSA) is 50.7 Å². The third kappa shape index (κ3) is 3.44. The largest absolute Gasteiger partial charge is 0.454 e. The molecule has 21 heavy (non-hydrogen) atoms. The maximum Gasteiger partial charge on any atom is 0.231 e. The molecule has 0 amide bonds. The minimum absolute atomic E-state index is 0.226. The molecule has 1 heterocycles. The van der Waals surface area contributed by atoms with Crippen LogP contribution >= 0.6 is 11.6 Å². The zero-order valence-corrected chi connectivity index (χ0v) is 13.1. The molecule has 2 atom stereocenters. The van der Waals surface area contributed by atoms with Crippen LogP contribution in [0.2, 0.25) is 5.02 Å². The highest BCUT2D eigenvalue weighted by Gasteiger charge is 2.32. The van der Waals surface area contributed by atoms with Crippen molar-refractivity contribution in [1.29, 1.82) is 0 Å². The van der Waals surface area contributed by atoms with Crippen LogP contribution in [0.1, 0.15) is 38.2 Å². The maximum absolute atomic E-state index is 10.6. The number of nitrogens with one attached hydrogen (secondary N) is 1. The van der Waals surface area contributed by atoms with Gasteiger partial charge in [-0.2, -0.15) is 0 Å². The number of ether oxygens (including phenoxy) is 2. The molecule has 0 radical (unpaired) electrons. The molecule has 0 bridgehead atoms. The van der Waals surface area contributed by atoms with Crippen LogP contribution in [0.15, 0.2) is 12.1 Å². The summed E-state index contributed by atoms with van der Waals surface area (Å²) < 4.78 is 10.7. The van der Waals surface area contributed by atoms with Crippen molar-refractivity contribution < 1.29 is 14.6 Å². The van der Waals surface area contributed by atoms with Crippen LogP contribution in [-0.2, 0) is 6.54 Å². The number of benzene rings is 1. The average Bonchev–Trinajstić information content (AvgIpc) is 2.87. The second-order valence-electron chi connectivity index (χ2n) is 6.34. The summed E-state index contributed by atoms with van der Waals surface area (Å²) >= 11 is 6.17. The fraction of sp³-hybridized carbons (Fsp3) is 0.625. The van der Waals surface area contributed by atoms with Gasteiger partial charge in [-0.1, -0.05) is 31.4 Å². The van der Waals surface area contributed by atoms with E-state index < -0.39 is 5.60 Å². The molecule has 3 rings (SSSR count). The maximum atomic E-state index is 10.6. The summed E-state index contributed by atoms with van der Waals surface area (Å²) in [5.41, 5.74) is 0.467. The molecule has 2 aliphatic rings. The minimum atomic E-state index is -0.572. The SMILES string of the molecule is CC1CCCC(O)(CNCc2cc(Cl)c3c(c2)OCO3)C1. The second-order valence-corrected chi connectivity index (χ2v) is 6.75. The van der Waals surface area contributed by atoms with Gasteiger partial charge in [-0.3, -0.25) is 0 Å². The lowest BCUT2D eigenvalue weighted by molar-refractivity contribution is -0.0119. The molecule has 1 aliphatic carbocycles. The predicted octanol–water partition coefficient (Wildman–Crippen LogP) is 3.10. The Balaban J connectivity index is 1.57. The Bertz CT molecular complexity index is 522. The van der Waals surface area contributed by atoms with Crippen LogP contribution < -0.4 is 14.8 Å². The lowest BCUT2D eigenvalue weighted by atomic mass is 9.79. The first-order valence-electron chi connectivity index (χ1n) is 7.57. The zero-order valence-electron chi connectivity index (χ0n) is 12.3. The summed E-state index contributed by atoms with van der Waals surface area (Å²) in [5, 5.41) is 14.5. The number of rotatable bonds is 4. The van der Waals surface area contributed by atoms with E-state index in [1.807, 2.05) is 12.1 Å². The zero-order chi connectivity index (χ0) is 14.9. The summed E-state index contributed by atoms with van der Waals surface area (Å²) in [6.07, 6.45) is 4.09. The summed E-state index contributed by atoms with van der Waals surface area (Å²) in [6, 6.07) is 3.82. The number of fused-ring (bicyclic) bond motifs is 1. The van der Waals surface area contributed by atoms with Crippen LogP contribution in [0.25, 0.3) is 0 Å². The average molecular weight is 312 g/mol. The Hall–Kier alpha value is -0.970. The van der Waals surface area contributed by atoms with Gasteiger partial charge in [0.25, 0.3) is 0 Å². The molecular formula is C16H22ClNO3. The molecule has 116 valence electrons. The molecule has 0 aromatic heterocycles. The molecule has 1 saturated carbocycles. The Kier molecular flexibility index (Phi) is 4.29. The van der Waals surface area contributed by atoms with Crippen molar-refractivity contribution in [2.45, 2.75) is 44.8 Å². The lowest BCUT2D eigenvalue weighted by Gasteiger charge is -2.35. The highest BCUT2D eigenvalue weighted by atomic mass is 35.5. The minimum Gasteiger partial charge on any atom is -0.454 e. The first-order valence-corrected chi connectivity index (χ1v) is 7.95. The second kappa shape index (κ2) is 6.03. The summed E-state index contributed by atoms with van der Waals surface area (Å²) in [6.45, 7) is 3.71. The van der Waals surface area contributed by atoms with Gasteiger partial charge in [0.05, 0.1) is 10.6 Å². The van der Waals surface area contributed by atoms with E-state index >= 15 is 0 Å². The van der Waals surface area contributed by atoms with Crippen molar-refractivity contribution in [3.05, 3.63) is 22.7 Å². The Morgan fingerprint density at radius 1 is 1.43 bits per heavy atom. The molecule has 1 aromatic rings. The van der Waals surface area contributed by atoms with Gasteiger partial charge in [0.1, 0.15) is 0 Å². The van der Waals surface area contributed by atoms with Gasteiger partial charge >= 0.3 is 0 Å². The Morgan fingerprint density at radius 3 is 3.10 bits per heavy atom. The summed E-state index contributed by atoms with van der Waals surface area (Å²) in [5.74, 6) is 1.93. The smallest absolute Gasteiger partial charge is 0.231 e. The van der Waals surface area contributed by atoms with Crippen molar-refractivity contribution in [3.8, 4) is 11.5 Å². The van der Waals surface area contributed by atoms with E-state index in [2.05, 4.69) is 12.2 Å². The molecule has 0 saturated heterocycles. The summed E-state index contributed by atoms with van der Waals surface area (Å²) in [4.78, 5) is 0. The number of hydrogen-bond donors (Lipinski definition) is 2. The number of halogens is 1. The third-order valence-electron chi connectivity index (χ3n) is 4.34. The fourth-order valence-electron chi connectivity index (χ4n) is 3.36. The van der Waals surface area contributed by atoms with E-state index in [-0.39, 0.29) is 6.79 Å². The molecule has 1 aromatic carbocycles. The van der Waals surface area contributed by atoms with Crippen LogP contribution in [-0.4, -0.2) is 24.0 Å². The number of hydrogen-bond acceptors (Lipinski definition) is 4. The quantitative estimate of drug-likeness (QED) is 0.897. The molecule has 4 nitrogen and oxygen atoms in total. The standard InChI is InChI=1S/C16H22ClNO3/c1-11-3-2-4-16(19,7-11)9-18-8-12-5-13(17)15-14(6-12)20-10-21-15/h5-6,11,18-19H,2-4,7-10H2,1H3. The molecule has 1 fully saturated rings. The first-order chi connectivity index (χ1) is 10.1. The van der Waals surface area contributed by atoms with E-state index in [1.165, 1.54) is 6.42 Å². The van der Waals surface area contributed by atoms with Gasteiger partial charge in [0, 0.05) is 13.1 Å². The third-order valence-corrected chi connectivity index (χ3v) is 4.62. The van der Waals surface area contributed by atoms with Crippen LogP contribution in [0.3, 0.4) is 0 Å². The normalized spacial score (nSPS) is 27.9. The van der Waals surface area contributed by atoms with Gasteiger partial charge in [-0.05, 0) is 36.5 Å². The van der Waals surface area contributed by atoms with Crippen molar-refractivity contribution in [2.24, 2.45) is 5.92 Å². The van der Waals surface area contributed by atoms with Gasteiger partial charge < -0.3 is 19.9 Å². The van der Waals surface area contributed by atoms with E-state index in [1.54, 1.807) is 0 Å². The summed E-state index contributed by atoms with van der Waals surface area (Å²) in [7, 11) is 0. The molecule has 2 unspecified atom stereocenters. The Labute approximate surface area is 130 Å². The molecule has 2 N–H and O–H groups in total. The molecule has 1 aliphatic heterocycles. The fourth-order valence-corrected chi connectivity index (χ4v) is 3.64. The molecular weight excluding hydrogens is 290 g/mol. The van der Waals surface area contributed by atoms with E-state index in [4.69, 9.17) is 21.1 Å². The van der Waals surface area contributed by atoms with Gasteiger partial charge in [-0.15, -0.1) is 0 Å². The van der Waals surface area contributed by atoms with E-state index in [0.29, 0.717) is 35.5 Å². The molecule has 0 spiro atoms. The molecule has 5 heteroatoms. The van der Waals surface area contributed by atoms with Crippen LogP contribution in [0.5, 0.6) is 11.5 Å². The first kappa shape index (κ1) is 14.9. The van der Waals surface area contributed by atoms with Crippen molar-refractivity contribution in [3.63, 3.8) is 0 Å². The van der Waals surface area contributed by atoms with Gasteiger partial charge in [0.15, 0.2) is 11.5 Å². The van der Waals surface area contributed by atoms with Crippen molar-refractivity contribution in [2.75, 3.05) is 13.3 Å².